The molecular formula is C68H132O17P2. The third-order valence-electron chi connectivity index (χ3n) is 16.1. The van der Waals surface area contributed by atoms with E-state index in [0.717, 1.165) is 102 Å². The van der Waals surface area contributed by atoms with Crippen LogP contribution in [-0.2, 0) is 65.4 Å². The van der Waals surface area contributed by atoms with Crippen LogP contribution < -0.4 is 0 Å². The SMILES string of the molecule is CCCCCCCCCCCCCC(=O)O[C@H](COC(=O)CCCCCCCCCCCC)COP(=O)(O)OC[C@H](O)COP(=O)(O)OC[C@@H](COC(=O)CCCCCCCCCCCC(C)C)OC(=O)CCCCCCCCCCCCC(C)CC. The molecule has 0 aliphatic rings. The topological polar surface area (TPSA) is 237 Å². The van der Waals surface area contributed by atoms with Crippen LogP contribution in [0.25, 0.3) is 0 Å². The van der Waals surface area contributed by atoms with Crippen molar-refractivity contribution in [2.24, 2.45) is 11.8 Å². The van der Waals surface area contributed by atoms with Crippen molar-refractivity contribution in [3.8, 4) is 0 Å². The number of aliphatic hydroxyl groups is 1. The Bertz CT molecular complexity index is 1700. The second kappa shape index (κ2) is 60.3. The van der Waals surface area contributed by atoms with Crippen LogP contribution in [0.1, 0.15) is 343 Å². The first kappa shape index (κ1) is 85.1. The van der Waals surface area contributed by atoms with Gasteiger partial charge in [0.15, 0.2) is 12.2 Å². The van der Waals surface area contributed by atoms with Gasteiger partial charge in [0, 0.05) is 25.7 Å². The Morgan fingerprint density at radius 1 is 0.333 bits per heavy atom. The summed E-state index contributed by atoms with van der Waals surface area (Å²) in [6, 6.07) is 0. The third-order valence-corrected chi connectivity index (χ3v) is 18.0. The van der Waals surface area contributed by atoms with Gasteiger partial charge in [0.1, 0.15) is 19.3 Å². The van der Waals surface area contributed by atoms with E-state index in [2.05, 4.69) is 41.5 Å². The average Bonchev–Trinajstić information content (AvgIpc) is 3.56. The molecule has 3 N–H and O–H groups in total. The van der Waals surface area contributed by atoms with E-state index in [1.54, 1.807) is 0 Å². The summed E-state index contributed by atoms with van der Waals surface area (Å²) in [5.74, 6) is -0.580. The van der Waals surface area contributed by atoms with E-state index in [-0.39, 0.29) is 25.7 Å². The first-order chi connectivity index (χ1) is 41.9. The van der Waals surface area contributed by atoms with Gasteiger partial charge in [-0.15, -0.1) is 0 Å². The van der Waals surface area contributed by atoms with E-state index in [1.807, 2.05) is 0 Å². The molecule has 3 unspecified atom stereocenters. The smallest absolute Gasteiger partial charge is 0.462 e. The maximum absolute atomic E-state index is 13.0. The summed E-state index contributed by atoms with van der Waals surface area (Å²) < 4.78 is 68.2. The number of phosphoric ester groups is 2. The molecular weight excluding hydrogens is 1150 g/mol. The fraction of sp³-hybridized carbons (Fsp3) is 0.941. The Balaban J connectivity index is 5.25. The minimum absolute atomic E-state index is 0.106. The molecule has 0 saturated heterocycles. The normalized spacial score (nSPS) is 14.5. The molecule has 0 saturated carbocycles. The van der Waals surface area contributed by atoms with Crippen molar-refractivity contribution < 1.29 is 80.2 Å². The summed E-state index contributed by atoms with van der Waals surface area (Å²) in [4.78, 5) is 72.4. The lowest BCUT2D eigenvalue weighted by Crippen LogP contribution is -2.30. The summed E-state index contributed by atoms with van der Waals surface area (Å²) in [7, 11) is -9.89. The van der Waals surface area contributed by atoms with Crippen LogP contribution in [-0.4, -0.2) is 96.7 Å². The van der Waals surface area contributed by atoms with Crippen molar-refractivity contribution in [1.29, 1.82) is 0 Å². The minimum atomic E-state index is -4.95. The van der Waals surface area contributed by atoms with Crippen molar-refractivity contribution in [3.63, 3.8) is 0 Å². The van der Waals surface area contributed by atoms with Gasteiger partial charge in [0.25, 0.3) is 0 Å². The van der Waals surface area contributed by atoms with Crippen molar-refractivity contribution in [1.82, 2.24) is 0 Å². The summed E-state index contributed by atoms with van der Waals surface area (Å²) in [5, 5.41) is 10.6. The fourth-order valence-corrected chi connectivity index (χ4v) is 11.8. The lowest BCUT2D eigenvalue weighted by Gasteiger charge is -2.21. The zero-order valence-corrected chi connectivity index (χ0v) is 58.1. The van der Waals surface area contributed by atoms with Gasteiger partial charge in [-0.05, 0) is 37.5 Å². The second-order valence-electron chi connectivity index (χ2n) is 25.3. The van der Waals surface area contributed by atoms with Crippen LogP contribution in [0.2, 0.25) is 0 Å². The van der Waals surface area contributed by atoms with Crippen LogP contribution in [0.3, 0.4) is 0 Å². The van der Waals surface area contributed by atoms with Crippen LogP contribution in [0.15, 0.2) is 0 Å². The van der Waals surface area contributed by atoms with E-state index >= 15 is 0 Å². The molecule has 0 spiro atoms. The number of rotatable bonds is 67. The molecule has 17 nitrogen and oxygen atoms in total. The van der Waals surface area contributed by atoms with Crippen LogP contribution in [0.4, 0.5) is 0 Å². The molecule has 0 aromatic heterocycles. The fourth-order valence-electron chi connectivity index (χ4n) is 10.2. The molecule has 0 aromatic carbocycles. The quantitative estimate of drug-likeness (QED) is 0.0222. The number of phosphoric acid groups is 2. The maximum Gasteiger partial charge on any atom is 0.472 e. The van der Waals surface area contributed by atoms with E-state index in [0.29, 0.717) is 25.7 Å². The molecule has 0 aliphatic carbocycles. The molecule has 19 heteroatoms. The predicted molar refractivity (Wildman–Crippen MR) is 349 cm³/mol. The highest BCUT2D eigenvalue weighted by molar-refractivity contribution is 7.47. The monoisotopic (exact) mass is 1280 g/mol. The highest BCUT2D eigenvalue weighted by atomic mass is 31.2. The molecule has 0 aliphatic heterocycles. The zero-order valence-electron chi connectivity index (χ0n) is 56.3. The summed E-state index contributed by atoms with van der Waals surface area (Å²) in [6.07, 6.45) is 44.2. The number of carbonyl (C=O) groups is 4. The number of hydrogen-bond acceptors (Lipinski definition) is 15. The van der Waals surface area contributed by atoms with E-state index in [4.69, 9.17) is 37.0 Å². The van der Waals surface area contributed by atoms with Crippen LogP contribution in [0, 0.1) is 11.8 Å². The Kier molecular flexibility index (Phi) is 59.0. The zero-order chi connectivity index (χ0) is 64.3. The van der Waals surface area contributed by atoms with E-state index in [1.165, 1.54) is 161 Å². The standard InChI is InChI=1S/C68H132O17P2/c1-7-10-12-14-16-18-20-27-34-40-46-52-67(72)84-63(56-78-65(70)50-44-38-32-26-19-17-15-13-11-8-2)58-82-86(74,75)80-54-62(69)55-81-87(76,77)83-59-64(57-79-66(71)51-45-39-33-29-23-24-30-36-42-48-60(4)5)85-68(73)53-47-41-35-28-22-21-25-31-37-43-49-61(6)9-3/h60-64,69H,7-59H2,1-6H3,(H,74,75)(H,76,77)/t61?,62-,63+,64+/m0/s1. The minimum Gasteiger partial charge on any atom is -0.462 e. The van der Waals surface area contributed by atoms with Crippen molar-refractivity contribution in [2.45, 2.75) is 362 Å². The van der Waals surface area contributed by atoms with Gasteiger partial charge in [-0.2, -0.15) is 0 Å². The number of esters is 4. The Hall–Kier alpha value is -1.94. The van der Waals surface area contributed by atoms with Crippen molar-refractivity contribution in [3.05, 3.63) is 0 Å². The molecule has 0 fully saturated rings. The lowest BCUT2D eigenvalue weighted by atomic mass is 9.99. The van der Waals surface area contributed by atoms with Crippen molar-refractivity contribution in [2.75, 3.05) is 39.6 Å². The number of aliphatic hydroxyl groups excluding tert-OH is 1. The van der Waals surface area contributed by atoms with Gasteiger partial charge in [-0.1, -0.05) is 292 Å². The highest BCUT2D eigenvalue weighted by Gasteiger charge is 2.30. The number of carbonyl (C=O) groups excluding carboxylic acids is 4. The molecule has 0 radical (unpaired) electrons. The molecule has 0 heterocycles. The van der Waals surface area contributed by atoms with E-state index < -0.39 is 97.5 Å². The predicted octanol–water partition coefficient (Wildman–Crippen LogP) is 19.2. The molecule has 0 rings (SSSR count). The Labute approximate surface area is 530 Å². The maximum atomic E-state index is 13.0. The van der Waals surface area contributed by atoms with Crippen LogP contribution in [0.5, 0.6) is 0 Å². The van der Waals surface area contributed by atoms with Gasteiger partial charge in [-0.25, -0.2) is 9.13 Å². The Morgan fingerprint density at radius 3 is 0.874 bits per heavy atom. The number of unbranched alkanes of at least 4 members (excludes halogenated alkanes) is 36. The van der Waals surface area contributed by atoms with Gasteiger partial charge < -0.3 is 33.8 Å². The van der Waals surface area contributed by atoms with Crippen LogP contribution >= 0.6 is 15.6 Å². The van der Waals surface area contributed by atoms with Crippen molar-refractivity contribution >= 4 is 39.5 Å². The van der Waals surface area contributed by atoms with Gasteiger partial charge >= 0.3 is 39.5 Å². The summed E-state index contributed by atoms with van der Waals surface area (Å²) in [6.45, 7) is 9.53. The van der Waals surface area contributed by atoms with Gasteiger partial charge in [0.05, 0.1) is 26.4 Å². The number of ether oxygens (including phenoxy) is 4. The summed E-state index contributed by atoms with van der Waals surface area (Å²) >= 11 is 0. The first-order valence-corrected chi connectivity index (χ1v) is 38.5. The number of hydrogen-bond donors (Lipinski definition) is 3. The lowest BCUT2D eigenvalue weighted by molar-refractivity contribution is -0.161. The summed E-state index contributed by atoms with van der Waals surface area (Å²) in [5.41, 5.74) is 0. The molecule has 516 valence electrons. The largest absolute Gasteiger partial charge is 0.472 e. The molecule has 0 aromatic rings. The highest BCUT2D eigenvalue weighted by Crippen LogP contribution is 2.45. The van der Waals surface area contributed by atoms with Gasteiger partial charge in [0.2, 0.25) is 0 Å². The average molecular weight is 1280 g/mol. The van der Waals surface area contributed by atoms with Gasteiger partial charge in [-0.3, -0.25) is 37.3 Å². The second-order valence-corrected chi connectivity index (χ2v) is 28.2. The molecule has 87 heavy (non-hydrogen) atoms. The van der Waals surface area contributed by atoms with E-state index in [9.17, 15) is 43.2 Å². The Morgan fingerprint density at radius 2 is 0.586 bits per heavy atom. The molecule has 6 atom stereocenters. The molecule has 0 bridgehead atoms. The molecule has 0 amide bonds. The third kappa shape index (κ3) is 61.3. The first-order valence-electron chi connectivity index (χ1n) is 35.5.